The molecular weight excluding hydrogens is 217 g/mol. The molecule has 0 rings (SSSR count). The van der Waals surface area contributed by atoms with Crippen molar-refractivity contribution in [2.75, 3.05) is 27.2 Å². The van der Waals surface area contributed by atoms with E-state index in [0.29, 0.717) is 0 Å². The highest BCUT2D eigenvalue weighted by atomic mass is 19.1. The van der Waals surface area contributed by atoms with Crippen LogP contribution in [0.2, 0.25) is 0 Å². The van der Waals surface area contributed by atoms with E-state index in [-0.39, 0.29) is 11.9 Å². The van der Waals surface area contributed by atoms with Gasteiger partial charge < -0.3 is 9.64 Å². The number of hydrogen-bond donors (Lipinski definition) is 0. The predicted molar refractivity (Wildman–Crippen MR) is 71.8 cm³/mol. The molecule has 0 bridgehead atoms. The highest BCUT2D eigenvalue weighted by Gasteiger charge is 2.01. The Balaban J connectivity index is 3.81. The summed E-state index contributed by atoms with van der Waals surface area (Å²) < 4.78 is 17.8. The Morgan fingerprint density at radius 1 is 1.41 bits per heavy atom. The Morgan fingerprint density at radius 2 is 2.12 bits per heavy atom. The first kappa shape index (κ1) is 16.3. The van der Waals surface area contributed by atoms with Gasteiger partial charge in [0.2, 0.25) is 0 Å². The first-order chi connectivity index (χ1) is 8.10. The Morgan fingerprint density at radius 3 is 2.65 bits per heavy atom. The van der Waals surface area contributed by atoms with Crippen LogP contribution in [0.5, 0.6) is 0 Å². The number of ether oxygens (including phenoxy) is 1. The van der Waals surface area contributed by atoms with Crippen LogP contribution < -0.4 is 0 Å². The molecule has 1 atom stereocenters. The zero-order chi connectivity index (χ0) is 13.1. The van der Waals surface area contributed by atoms with Crippen LogP contribution in [0.25, 0.3) is 0 Å². The average molecular weight is 243 g/mol. The molecule has 17 heavy (non-hydrogen) atoms. The molecular formula is C14H26FNO. The van der Waals surface area contributed by atoms with Crippen LogP contribution in [0.15, 0.2) is 24.1 Å². The summed E-state index contributed by atoms with van der Waals surface area (Å²) >= 11 is 0. The maximum Gasteiger partial charge on any atom is 0.0954 e. The molecule has 0 heterocycles. The van der Waals surface area contributed by atoms with Gasteiger partial charge in [-0.15, -0.1) is 0 Å². The number of halogens is 1. The van der Waals surface area contributed by atoms with Crippen molar-refractivity contribution in [1.29, 1.82) is 0 Å². The summed E-state index contributed by atoms with van der Waals surface area (Å²) in [5.74, 6) is -0.190. The summed E-state index contributed by atoms with van der Waals surface area (Å²) in [5.41, 5.74) is 0. The second kappa shape index (κ2) is 10.5. The van der Waals surface area contributed by atoms with Crippen molar-refractivity contribution in [2.24, 2.45) is 0 Å². The summed E-state index contributed by atoms with van der Waals surface area (Å²) in [6, 6.07) is 0. The lowest BCUT2D eigenvalue weighted by atomic mass is 10.2. The van der Waals surface area contributed by atoms with Gasteiger partial charge in [-0.25, -0.2) is 4.39 Å². The van der Waals surface area contributed by atoms with Crippen molar-refractivity contribution in [3.8, 4) is 0 Å². The second-order valence-electron chi connectivity index (χ2n) is 4.35. The number of hydrogen-bond acceptors (Lipinski definition) is 2. The molecule has 3 heteroatoms. The molecule has 0 N–H and O–H groups in total. The normalized spacial score (nSPS) is 14.8. The van der Waals surface area contributed by atoms with Gasteiger partial charge in [-0.3, -0.25) is 0 Å². The van der Waals surface area contributed by atoms with Crippen LogP contribution in [-0.4, -0.2) is 38.3 Å². The number of unbranched alkanes of at least 4 members (excludes halogenated alkanes) is 1. The molecule has 0 aromatic heterocycles. The van der Waals surface area contributed by atoms with E-state index < -0.39 is 0 Å². The Labute approximate surface area is 105 Å². The molecule has 0 aliphatic rings. The van der Waals surface area contributed by atoms with Crippen molar-refractivity contribution in [2.45, 2.75) is 39.2 Å². The third kappa shape index (κ3) is 10.2. The average Bonchev–Trinajstić information content (AvgIpc) is 2.29. The minimum atomic E-state index is -0.190. The van der Waals surface area contributed by atoms with Gasteiger partial charge in [0.25, 0.3) is 0 Å². The third-order valence-electron chi connectivity index (χ3n) is 2.56. The quantitative estimate of drug-likeness (QED) is 0.574. The van der Waals surface area contributed by atoms with Crippen molar-refractivity contribution in [3.63, 3.8) is 0 Å². The van der Waals surface area contributed by atoms with Gasteiger partial charge >= 0.3 is 0 Å². The van der Waals surface area contributed by atoms with E-state index in [1.165, 1.54) is 25.8 Å². The lowest BCUT2D eigenvalue weighted by Gasteiger charge is -2.13. The first-order valence-corrected chi connectivity index (χ1v) is 6.30. The molecule has 0 aromatic rings. The fourth-order valence-corrected chi connectivity index (χ4v) is 1.49. The van der Waals surface area contributed by atoms with E-state index in [4.69, 9.17) is 4.74 Å². The van der Waals surface area contributed by atoms with Crippen LogP contribution in [0.4, 0.5) is 4.39 Å². The summed E-state index contributed by atoms with van der Waals surface area (Å²) in [6.45, 7) is 5.69. The van der Waals surface area contributed by atoms with Gasteiger partial charge in [0, 0.05) is 13.7 Å². The van der Waals surface area contributed by atoms with Crippen LogP contribution >= 0.6 is 0 Å². The molecule has 0 aliphatic carbocycles. The summed E-state index contributed by atoms with van der Waals surface area (Å²) in [5, 5.41) is 0. The van der Waals surface area contributed by atoms with E-state index in [2.05, 4.69) is 31.0 Å². The standard InChI is InChI=1S/C14H26FNO/c1-5-6-10-16(3)11-8-7-9-14(17-4)12-13(2)15/h7-8,12,14H,5-6,9-11H2,1-4H3/b8-7+,13-12+. The zero-order valence-corrected chi connectivity index (χ0v) is 11.6. The monoisotopic (exact) mass is 243 g/mol. The third-order valence-corrected chi connectivity index (χ3v) is 2.56. The molecule has 0 saturated heterocycles. The maximum absolute atomic E-state index is 12.7. The number of methoxy groups -OCH3 is 1. The van der Waals surface area contributed by atoms with Gasteiger partial charge in [-0.05, 0) is 39.4 Å². The van der Waals surface area contributed by atoms with E-state index in [9.17, 15) is 4.39 Å². The minimum Gasteiger partial charge on any atom is -0.377 e. The topological polar surface area (TPSA) is 12.5 Å². The van der Waals surface area contributed by atoms with Gasteiger partial charge in [0.05, 0.1) is 11.9 Å². The molecule has 0 saturated carbocycles. The van der Waals surface area contributed by atoms with Crippen molar-refractivity contribution >= 4 is 0 Å². The number of nitrogens with zero attached hydrogens (tertiary/aromatic N) is 1. The van der Waals surface area contributed by atoms with Gasteiger partial charge in [0.1, 0.15) is 0 Å². The van der Waals surface area contributed by atoms with Gasteiger partial charge in [-0.2, -0.15) is 0 Å². The van der Waals surface area contributed by atoms with E-state index in [1.807, 2.05) is 0 Å². The molecule has 0 radical (unpaired) electrons. The van der Waals surface area contributed by atoms with Crippen molar-refractivity contribution < 1.29 is 9.13 Å². The fourth-order valence-electron chi connectivity index (χ4n) is 1.49. The molecule has 2 nitrogen and oxygen atoms in total. The Hall–Kier alpha value is -0.670. The van der Waals surface area contributed by atoms with E-state index in [1.54, 1.807) is 7.11 Å². The van der Waals surface area contributed by atoms with Crippen molar-refractivity contribution in [1.82, 2.24) is 4.90 Å². The highest BCUT2D eigenvalue weighted by molar-refractivity contribution is 4.98. The summed E-state index contributed by atoms with van der Waals surface area (Å²) in [7, 11) is 3.71. The van der Waals surface area contributed by atoms with Crippen LogP contribution in [0.1, 0.15) is 33.1 Å². The van der Waals surface area contributed by atoms with E-state index >= 15 is 0 Å². The van der Waals surface area contributed by atoms with Gasteiger partial charge in [0.15, 0.2) is 0 Å². The van der Waals surface area contributed by atoms with Gasteiger partial charge in [-0.1, -0.05) is 25.5 Å². The Kier molecular flexibility index (Phi) is 10.1. The molecule has 0 aliphatic heterocycles. The number of likely N-dealkylation sites (N-methyl/N-ethyl adjacent to an activating group) is 1. The lowest BCUT2D eigenvalue weighted by molar-refractivity contribution is 0.141. The van der Waals surface area contributed by atoms with Crippen molar-refractivity contribution in [3.05, 3.63) is 24.1 Å². The summed E-state index contributed by atoms with van der Waals surface area (Å²) in [6.07, 6.45) is 8.69. The Bertz CT molecular complexity index is 234. The van der Waals surface area contributed by atoms with Crippen LogP contribution in [-0.2, 0) is 4.74 Å². The second-order valence-corrected chi connectivity index (χ2v) is 4.35. The smallest absolute Gasteiger partial charge is 0.0954 e. The highest BCUT2D eigenvalue weighted by Crippen LogP contribution is 2.05. The largest absolute Gasteiger partial charge is 0.377 e. The van der Waals surface area contributed by atoms with Crippen LogP contribution in [0, 0.1) is 0 Å². The minimum absolute atomic E-state index is 0.155. The molecule has 0 spiro atoms. The van der Waals surface area contributed by atoms with Crippen LogP contribution in [0.3, 0.4) is 0 Å². The number of allylic oxidation sites excluding steroid dienone is 1. The SMILES string of the molecule is CCCCN(C)C/C=C/CC(/C=C(\C)F)OC. The maximum atomic E-state index is 12.7. The molecule has 0 amide bonds. The fraction of sp³-hybridized carbons (Fsp3) is 0.714. The van der Waals surface area contributed by atoms with E-state index in [0.717, 1.165) is 19.5 Å². The molecule has 1 unspecified atom stereocenters. The summed E-state index contributed by atoms with van der Waals surface area (Å²) in [4.78, 5) is 2.28. The molecule has 0 aromatic carbocycles. The first-order valence-electron chi connectivity index (χ1n) is 6.30. The molecule has 0 fully saturated rings. The lowest BCUT2D eigenvalue weighted by Crippen LogP contribution is -2.19. The number of rotatable bonds is 9. The predicted octanol–water partition coefficient (Wildman–Crippen LogP) is 3.55. The molecule has 100 valence electrons. The zero-order valence-electron chi connectivity index (χ0n) is 11.6.